The van der Waals surface area contributed by atoms with E-state index in [0.717, 1.165) is 24.7 Å². The molecule has 2 aromatic carbocycles. The van der Waals surface area contributed by atoms with Crippen LogP contribution in [0.5, 0.6) is 0 Å². The molecule has 1 aliphatic rings. The summed E-state index contributed by atoms with van der Waals surface area (Å²) in [6.45, 7) is 6.22. The van der Waals surface area contributed by atoms with Gasteiger partial charge in [-0.1, -0.05) is 44.2 Å². The van der Waals surface area contributed by atoms with Crippen molar-refractivity contribution in [2.75, 3.05) is 6.26 Å². The zero-order chi connectivity index (χ0) is 20.7. The molecule has 0 aromatic heterocycles. The molecule has 0 N–H and O–H groups in total. The Kier molecular flexibility index (Phi) is 5.71. The Bertz CT molecular complexity index is 1070. The van der Waals surface area contributed by atoms with Crippen LogP contribution in [-0.4, -0.2) is 33.4 Å². The minimum Gasteiger partial charge on any atom is -0.224 e. The Hall–Kier alpha value is -1.70. The van der Waals surface area contributed by atoms with Gasteiger partial charge in [0.2, 0.25) is 10.0 Å². The molecular formula is C21H27NO4S2. The topological polar surface area (TPSA) is 71.5 Å². The van der Waals surface area contributed by atoms with Gasteiger partial charge in [0.1, 0.15) is 0 Å². The van der Waals surface area contributed by atoms with Gasteiger partial charge >= 0.3 is 0 Å². The minimum absolute atomic E-state index is 0.0220. The number of aryl methyl sites for hydroxylation is 1. The van der Waals surface area contributed by atoms with Crippen LogP contribution in [0.25, 0.3) is 0 Å². The Morgan fingerprint density at radius 1 is 1.00 bits per heavy atom. The number of sulfone groups is 1. The molecule has 0 saturated heterocycles. The summed E-state index contributed by atoms with van der Waals surface area (Å²) in [5.74, 6) is 0.415. The average Bonchev–Trinajstić information content (AvgIpc) is 3.44. The van der Waals surface area contributed by atoms with E-state index >= 15 is 0 Å². The van der Waals surface area contributed by atoms with E-state index < -0.39 is 19.9 Å². The highest BCUT2D eigenvalue weighted by Crippen LogP contribution is 2.35. The number of nitrogens with zero attached hydrogens (tertiary/aromatic N) is 1. The van der Waals surface area contributed by atoms with Crippen LogP contribution in [-0.2, 0) is 26.4 Å². The van der Waals surface area contributed by atoms with Crippen molar-refractivity contribution in [3.05, 3.63) is 59.2 Å². The van der Waals surface area contributed by atoms with Crippen LogP contribution in [0.1, 0.15) is 49.3 Å². The molecule has 152 valence electrons. The fraction of sp³-hybridized carbons (Fsp3) is 0.429. The second-order valence-electron chi connectivity index (χ2n) is 7.88. The molecular weight excluding hydrogens is 394 g/mol. The first kappa shape index (κ1) is 21.0. The van der Waals surface area contributed by atoms with Crippen LogP contribution >= 0.6 is 0 Å². The van der Waals surface area contributed by atoms with Gasteiger partial charge in [-0.2, -0.15) is 4.31 Å². The molecule has 0 heterocycles. The van der Waals surface area contributed by atoms with E-state index in [4.69, 9.17) is 0 Å². The Morgan fingerprint density at radius 2 is 1.61 bits per heavy atom. The van der Waals surface area contributed by atoms with Crippen molar-refractivity contribution in [2.24, 2.45) is 0 Å². The third kappa shape index (κ3) is 4.47. The van der Waals surface area contributed by atoms with Crippen LogP contribution in [0.15, 0.2) is 52.3 Å². The van der Waals surface area contributed by atoms with Gasteiger partial charge in [0.15, 0.2) is 9.84 Å². The summed E-state index contributed by atoms with van der Waals surface area (Å²) in [4.78, 5) is 0.0924. The van der Waals surface area contributed by atoms with Crippen LogP contribution in [0.4, 0.5) is 0 Å². The van der Waals surface area contributed by atoms with Gasteiger partial charge in [-0.3, -0.25) is 0 Å². The van der Waals surface area contributed by atoms with Crippen LogP contribution in [0.3, 0.4) is 0 Å². The Labute approximate surface area is 168 Å². The smallest absolute Gasteiger partial charge is 0.224 e. The number of hydrogen-bond donors (Lipinski definition) is 0. The van der Waals surface area contributed by atoms with E-state index in [0.29, 0.717) is 11.5 Å². The molecule has 0 amide bonds. The molecule has 0 aliphatic heterocycles. The maximum atomic E-state index is 13.4. The van der Waals surface area contributed by atoms with E-state index in [2.05, 4.69) is 13.8 Å². The molecule has 28 heavy (non-hydrogen) atoms. The second-order valence-corrected chi connectivity index (χ2v) is 11.8. The molecule has 1 saturated carbocycles. The number of rotatable bonds is 7. The lowest BCUT2D eigenvalue weighted by molar-refractivity contribution is 0.398. The molecule has 5 nitrogen and oxygen atoms in total. The molecule has 1 aliphatic carbocycles. The first-order valence-electron chi connectivity index (χ1n) is 9.41. The Morgan fingerprint density at radius 3 is 2.11 bits per heavy atom. The average molecular weight is 422 g/mol. The maximum absolute atomic E-state index is 13.4. The fourth-order valence-corrected chi connectivity index (χ4v) is 5.82. The Balaban J connectivity index is 1.98. The van der Waals surface area contributed by atoms with E-state index in [-0.39, 0.29) is 22.4 Å². The third-order valence-electron chi connectivity index (χ3n) is 5.11. The maximum Gasteiger partial charge on any atom is 0.243 e. The van der Waals surface area contributed by atoms with Crippen LogP contribution < -0.4 is 0 Å². The van der Waals surface area contributed by atoms with Crippen molar-refractivity contribution < 1.29 is 16.8 Å². The minimum atomic E-state index is -3.81. The lowest BCUT2D eigenvalue weighted by Crippen LogP contribution is -2.33. The van der Waals surface area contributed by atoms with Crippen LogP contribution in [0.2, 0.25) is 0 Å². The highest BCUT2D eigenvalue weighted by Gasteiger charge is 2.39. The molecule has 1 fully saturated rings. The highest BCUT2D eigenvalue weighted by atomic mass is 32.2. The highest BCUT2D eigenvalue weighted by molar-refractivity contribution is 7.91. The summed E-state index contributed by atoms with van der Waals surface area (Å²) in [5, 5.41) is 0. The van der Waals surface area contributed by atoms with Crippen molar-refractivity contribution in [1.29, 1.82) is 0 Å². The van der Waals surface area contributed by atoms with Gasteiger partial charge in [0.05, 0.1) is 9.79 Å². The largest absolute Gasteiger partial charge is 0.243 e. The molecule has 0 spiro atoms. The summed E-state index contributed by atoms with van der Waals surface area (Å²) in [5.41, 5.74) is 2.69. The molecule has 0 radical (unpaired) electrons. The standard InChI is InChI=1S/C21H27NO4S2/c1-15(2)18-8-6-17(7-9-18)14-22(19-10-11-19)28(25,26)21-13-20(27(4,23)24)12-5-16(21)3/h5-9,12-13,15,19H,10-11,14H2,1-4H3. The number of hydrogen-bond acceptors (Lipinski definition) is 4. The predicted octanol–water partition coefficient (Wildman–Crippen LogP) is 3.88. The van der Waals surface area contributed by atoms with Crippen molar-refractivity contribution >= 4 is 19.9 Å². The molecule has 0 unspecified atom stereocenters. The van der Waals surface area contributed by atoms with Crippen LogP contribution in [0, 0.1) is 6.92 Å². The zero-order valence-electron chi connectivity index (χ0n) is 16.7. The molecule has 2 aromatic rings. The van der Waals surface area contributed by atoms with Crippen molar-refractivity contribution in [3.63, 3.8) is 0 Å². The van der Waals surface area contributed by atoms with Crippen molar-refractivity contribution in [2.45, 2.75) is 61.9 Å². The first-order chi connectivity index (χ1) is 13.0. The van der Waals surface area contributed by atoms with E-state index in [1.165, 1.54) is 22.0 Å². The van der Waals surface area contributed by atoms with Gasteiger partial charge in [0.25, 0.3) is 0 Å². The number of sulfonamides is 1. The molecule has 7 heteroatoms. The molecule has 0 atom stereocenters. The van der Waals surface area contributed by atoms with E-state index in [1.54, 1.807) is 13.0 Å². The van der Waals surface area contributed by atoms with E-state index in [1.807, 2.05) is 24.3 Å². The van der Waals surface area contributed by atoms with Gasteiger partial charge in [0, 0.05) is 18.8 Å². The summed E-state index contributed by atoms with van der Waals surface area (Å²) in [6, 6.07) is 12.3. The summed E-state index contributed by atoms with van der Waals surface area (Å²) in [7, 11) is -7.29. The summed E-state index contributed by atoms with van der Waals surface area (Å²) < 4.78 is 52.2. The molecule has 0 bridgehead atoms. The fourth-order valence-electron chi connectivity index (χ4n) is 3.18. The lowest BCUT2D eigenvalue weighted by Gasteiger charge is -2.23. The van der Waals surface area contributed by atoms with Gasteiger partial charge in [-0.25, -0.2) is 16.8 Å². The van der Waals surface area contributed by atoms with E-state index in [9.17, 15) is 16.8 Å². The van der Waals surface area contributed by atoms with Crippen molar-refractivity contribution in [3.8, 4) is 0 Å². The zero-order valence-corrected chi connectivity index (χ0v) is 18.3. The van der Waals surface area contributed by atoms with Gasteiger partial charge in [-0.15, -0.1) is 0 Å². The third-order valence-corrected chi connectivity index (χ3v) is 8.26. The SMILES string of the molecule is Cc1ccc(S(C)(=O)=O)cc1S(=O)(=O)N(Cc1ccc(C(C)C)cc1)C1CC1. The predicted molar refractivity (Wildman–Crippen MR) is 111 cm³/mol. The second kappa shape index (κ2) is 7.61. The first-order valence-corrected chi connectivity index (χ1v) is 12.7. The monoisotopic (exact) mass is 421 g/mol. The summed E-state index contributed by atoms with van der Waals surface area (Å²) in [6.07, 6.45) is 2.74. The van der Waals surface area contributed by atoms with Gasteiger partial charge < -0.3 is 0 Å². The number of benzene rings is 2. The van der Waals surface area contributed by atoms with Gasteiger partial charge in [-0.05, 0) is 54.5 Å². The normalized spacial score (nSPS) is 15.4. The quantitative estimate of drug-likeness (QED) is 0.680. The summed E-state index contributed by atoms with van der Waals surface area (Å²) >= 11 is 0. The lowest BCUT2D eigenvalue weighted by atomic mass is 10.0. The van der Waals surface area contributed by atoms with Crippen molar-refractivity contribution in [1.82, 2.24) is 4.31 Å². The molecule has 3 rings (SSSR count).